The molecule has 0 amide bonds. The minimum absolute atomic E-state index is 0.147. The SMILES string of the molecule is CCCCCCCCCCC1CCc2nc(-c3ccc(OC(=O)CCCCCCC)cc3)ncc2C1. The number of aromatic nitrogens is 2. The fraction of sp³-hybridized carbons (Fsp3) is 0.656. The summed E-state index contributed by atoms with van der Waals surface area (Å²) < 4.78 is 5.50. The van der Waals surface area contributed by atoms with Crippen molar-refractivity contribution in [1.82, 2.24) is 9.97 Å². The highest BCUT2D eigenvalue weighted by atomic mass is 16.5. The van der Waals surface area contributed by atoms with Gasteiger partial charge in [-0.05, 0) is 61.4 Å². The highest BCUT2D eigenvalue weighted by molar-refractivity contribution is 5.72. The van der Waals surface area contributed by atoms with E-state index in [0.717, 1.165) is 43.0 Å². The predicted octanol–water partition coefficient (Wildman–Crippen LogP) is 9.05. The van der Waals surface area contributed by atoms with Gasteiger partial charge in [0.25, 0.3) is 0 Å². The Labute approximate surface area is 219 Å². The van der Waals surface area contributed by atoms with Crippen LogP contribution >= 0.6 is 0 Å². The maximum absolute atomic E-state index is 12.1. The number of fused-ring (bicyclic) bond motifs is 1. The normalized spacial score (nSPS) is 15.0. The third-order valence-corrected chi connectivity index (χ3v) is 7.55. The lowest BCUT2D eigenvalue weighted by molar-refractivity contribution is -0.134. The van der Waals surface area contributed by atoms with Crippen LogP contribution in [0.5, 0.6) is 5.75 Å². The number of benzene rings is 1. The van der Waals surface area contributed by atoms with Gasteiger partial charge in [0.1, 0.15) is 5.75 Å². The first kappa shape index (κ1) is 28.3. The van der Waals surface area contributed by atoms with Crippen LogP contribution in [0.15, 0.2) is 30.5 Å². The molecule has 4 heteroatoms. The first-order valence-corrected chi connectivity index (χ1v) is 14.9. The van der Waals surface area contributed by atoms with Crippen molar-refractivity contribution in [3.63, 3.8) is 0 Å². The van der Waals surface area contributed by atoms with E-state index in [2.05, 4.69) is 18.8 Å². The molecule has 1 heterocycles. The molecule has 0 aliphatic heterocycles. The van der Waals surface area contributed by atoms with E-state index in [1.807, 2.05) is 30.5 Å². The topological polar surface area (TPSA) is 52.1 Å². The van der Waals surface area contributed by atoms with Gasteiger partial charge in [-0.1, -0.05) is 97.3 Å². The van der Waals surface area contributed by atoms with Gasteiger partial charge in [-0.2, -0.15) is 0 Å². The molecular weight excluding hydrogens is 444 g/mol. The van der Waals surface area contributed by atoms with Gasteiger partial charge >= 0.3 is 5.97 Å². The average Bonchev–Trinajstić information content (AvgIpc) is 2.90. The third-order valence-electron chi connectivity index (χ3n) is 7.55. The van der Waals surface area contributed by atoms with E-state index < -0.39 is 0 Å². The minimum Gasteiger partial charge on any atom is -0.427 e. The van der Waals surface area contributed by atoms with Gasteiger partial charge in [0.2, 0.25) is 0 Å². The van der Waals surface area contributed by atoms with Crippen molar-refractivity contribution in [2.24, 2.45) is 5.92 Å². The number of hydrogen-bond acceptors (Lipinski definition) is 4. The summed E-state index contributed by atoms with van der Waals surface area (Å²) in [7, 11) is 0. The van der Waals surface area contributed by atoms with Crippen molar-refractivity contribution in [2.75, 3.05) is 0 Å². The molecule has 0 spiro atoms. The standard InChI is InChI=1S/C32H48N2O2/c1-3-5-7-9-10-11-13-14-16-26-18-23-30-28(24-26)25-33-32(34-30)27-19-21-29(22-20-27)36-31(35)17-15-12-8-6-4-2/h19-22,25-26H,3-18,23-24H2,1-2H3. The Bertz CT molecular complexity index is 894. The van der Waals surface area contributed by atoms with Gasteiger partial charge in [0, 0.05) is 23.9 Å². The Morgan fingerprint density at radius 3 is 2.19 bits per heavy atom. The fourth-order valence-electron chi connectivity index (χ4n) is 5.26. The molecule has 0 bridgehead atoms. The molecule has 1 aliphatic rings. The molecule has 0 radical (unpaired) electrons. The summed E-state index contributed by atoms with van der Waals surface area (Å²) in [6.07, 6.45) is 24.0. The maximum Gasteiger partial charge on any atom is 0.311 e. The Hall–Kier alpha value is -2.23. The van der Waals surface area contributed by atoms with Crippen LogP contribution in [0.25, 0.3) is 11.4 Å². The quantitative estimate of drug-likeness (QED) is 0.125. The fourth-order valence-corrected chi connectivity index (χ4v) is 5.26. The molecule has 2 aromatic rings. The summed E-state index contributed by atoms with van der Waals surface area (Å²) in [6, 6.07) is 7.62. The summed E-state index contributed by atoms with van der Waals surface area (Å²) in [5.41, 5.74) is 3.52. The van der Waals surface area contributed by atoms with Crippen LogP contribution in [-0.4, -0.2) is 15.9 Å². The average molecular weight is 493 g/mol. The molecule has 1 unspecified atom stereocenters. The number of aryl methyl sites for hydroxylation is 1. The molecular formula is C32H48N2O2. The lowest BCUT2D eigenvalue weighted by atomic mass is 9.84. The maximum atomic E-state index is 12.1. The van der Waals surface area contributed by atoms with Crippen molar-refractivity contribution in [3.8, 4) is 17.1 Å². The van der Waals surface area contributed by atoms with Crippen molar-refractivity contribution in [3.05, 3.63) is 41.7 Å². The van der Waals surface area contributed by atoms with Crippen LogP contribution in [0.4, 0.5) is 0 Å². The van der Waals surface area contributed by atoms with Gasteiger partial charge in [0.15, 0.2) is 5.82 Å². The number of ether oxygens (including phenoxy) is 1. The minimum atomic E-state index is -0.147. The van der Waals surface area contributed by atoms with Crippen LogP contribution in [0.1, 0.15) is 128 Å². The van der Waals surface area contributed by atoms with E-state index in [9.17, 15) is 4.79 Å². The summed E-state index contributed by atoms with van der Waals surface area (Å²) in [4.78, 5) is 21.7. The van der Waals surface area contributed by atoms with Crippen LogP contribution in [0, 0.1) is 5.92 Å². The third kappa shape index (κ3) is 10.0. The molecule has 4 nitrogen and oxygen atoms in total. The summed E-state index contributed by atoms with van der Waals surface area (Å²) in [5.74, 6) is 2.00. The second kappa shape index (κ2) is 16.5. The number of carbonyl (C=O) groups is 1. The molecule has 1 aromatic heterocycles. The predicted molar refractivity (Wildman–Crippen MR) is 149 cm³/mol. The molecule has 3 rings (SSSR count). The molecule has 1 aromatic carbocycles. The lowest BCUT2D eigenvalue weighted by Crippen LogP contribution is -2.16. The zero-order chi connectivity index (χ0) is 25.4. The molecule has 0 saturated carbocycles. The highest BCUT2D eigenvalue weighted by Gasteiger charge is 2.20. The van der Waals surface area contributed by atoms with Gasteiger partial charge in [-0.3, -0.25) is 4.79 Å². The summed E-state index contributed by atoms with van der Waals surface area (Å²) >= 11 is 0. The first-order chi connectivity index (χ1) is 17.7. The summed E-state index contributed by atoms with van der Waals surface area (Å²) in [5, 5.41) is 0. The first-order valence-electron chi connectivity index (χ1n) is 14.9. The Morgan fingerprint density at radius 1 is 0.861 bits per heavy atom. The van der Waals surface area contributed by atoms with Crippen molar-refractivity contribution in [1.29, 1.82) is 0 Å². The van der Waals surface area contributed by atoms with Crippen molar-refractivity contribution >= 4 is 5.97 Å². The van der Waals surface area contributed by atoms with Crippen LogP contribution in [0.3, 0.4) is 0 Å². The van der Waals surface area contributed by atoms with E-state index >= 15 is 0 Å². The Morgan fingerprint density at radius 2 is 1.50 bits per heavy atom. The lowest BCUT2D eigenvalue weighted by Gasteiger charge is -2.24. The van der Waals surface area contributed by atoms with E-state index in [0.29, 0.717) is 12.2 Å². The molecule has 1 aliphatic carbocycles. The molecule has 36 heavy (non-hydrogen) atoms. The largest absolute Gasteiger partial charge is 0.427 e. The van der Waals surface area contributed by atoms with Crippen LogP contribution in [0.2, 0.25) is 0 Å². The summed E-state index contributed by atoms with van der Waals surface area (Å²) in [6.45, 7) is 4.48. The van der Waals surface area contributed by atoms with Crippen molar-refractivity contribution < 1.29 is 9.53 Å². The zero-order valence-electron chi connectivity index (χ0n) is 22.9. The molecule has 198 valence electrons. The monoisotopic (exact) mass is 492 g/mol. The van der Waals surface area contributed by atoms with Gasteiger partial charge in [0.05, 0.1) is 0 Å². The smallest absolute Gasteiger partial charge is 0.311 e. The van der Waals surface area contributed by atoms with Crippen molar-refractivity contribution in [2.45, 2.75) is 129 Å². The number of esters is 1. The number of rotatable bonds is 17. The Balaban J connectivity index is 1.40. The number of nitrogens with zero attached hydrogens (tertiary/aromatic N) is 2. The molecule has 0 saturated heterocycles. The van der Waals surface area contributed by atoms with Gasteiger partial charge < -0.3 is 4.74 Å². The van der Waals surface area contributed by atoms with E-state index in [1.165, 1.54) is 94.7 Å². The second-order valence-electron chi connectivity index (χ2n) is 10.7. The number of hydrogen-bond donors (Lipinski definition) is 0. The second-order valence-corrected chi connectivity index (χ2v) is 10.7. The van der Waals surface area contributed by atoms with Gasteiger partial charge in [-0.15, -0.1) is 0 Å². The van der Waals surface area contributed by atoms with E-state index in [1.54, 1.807) is 0 Å². The highest BCUT2D eigenvalue weighted by Crippen LogP contribution is 2.29. The number of carbonyl (C=O) groups excluding carboxylic acids is 1. The Kier molecular flexibility index (Phi) is 13.0. The molecule has 1 atom stereocenters. The van der Waals surface area contributed by atoms with Gasteiger partial charge in [-0.25, -0.2) is 9.97 Å². The van der Waals surface area contributed by atoms with E-state index in [-0.39, 0.29) is 5.97 Å². The molecule has 0 N–H and O–H groups in total. The van der Waals surface area contributed by atoms with E-state index in [4.69, 9.17) is 9.72 Å². The zero-order valence-corrected chi connectivity index (χ0v) is 22.9. The van der Waals surface area contributed by atoms with Crippen LogP contribution < -0.4 is 4.74 Å². The molecule has 0 fully saturated rings. The van der Waals surface area contributed by atoms with Crippen LogP contribution in [-0.2, 0) is 17.6 Å². The number of unbranched alkanes of at least 4 members (excludes halogenated alkanes) is 11.